The van der Waals surface area contributed by atoms with Crippen LogP contribution in [0.2, 0.25) is 0 Å². The maximum Gasteiger partial charge on any atom is 0.298 e. The van der Waals surface area contributed by atoms with Gasteiger partial charge < -0.3 is 14.6 Å². The Morgan fingerprint density at radius 1 is 1.46 bits per heavy atom. The molecule has 1 aromatic carbocycles. The number of hydrogen-bond donors (Lipinski definition) is 1. The van der Waals surface area contributed by atoms with Crippen LogP contribution in [0, 0.1) is 6.92 Å². The number of fused-ring (bicyclic) bond motifs is 1. The summed E-state index contributed by atoms with van der Waals surface area (Å²) in [7, 11) is 0. The van der Waals surface area contributed by atoms with Crippen LogP contribution in [0.4, 0.5) is 6.01 Å². The zero-order chi connectivity index (χ0) is 16.5. The molecule has 2 aromatic heterocycles. The van der Waals surface area contributed by atoms with Crippen LogP contribution in [0.15, 0.2) is 28.7 Å². The minimum absolute atomic E-state index is 0.119. The lowest BCUT2D eigenvalue weighted by molar-refractivity contribution is 0.0954. The fraction of sp³-hybridized carbons (Fsp3) is 0.375. The molecule has 0 saturated carbocycles. The number of oxazole rings is 1. The third-order valence-corrected chi connectivity index (χ3v) is 5.09. The van der Waals surface area contributed by atoms with Crippen molar-refractivity contribution >= 4 is 34.6 Å². The van der Waals surface area contributed by atoms with Crippen LogP contribution in [-0.4, -0.2) is 39.6 Å². The summed E-state index contributed by atoms with van der Waals surface area (Å²) in [6.07, 6.45) is 2.05. The summed E-state index contributed by atoms with van der Waals surface area (Å²) in [6.45, 7) is 3.22. The lowest BCUT2D eigenvalue weighted by atomic mass is 10.2. The molecule has 0 spiro atoms. The largest absolute Gasteiger partial charge is 0.423 e. The van der Waals surface area contributed by atoms with Gasteiger partial charge in [0.1, 0.15) is 10.4 Å². The third-order valence-electron chi connectivity index (χ3n) is 4.26. The Bertz CT molecular complexity index is 841. The predicted octanol–water partition coefficient (Wildman–Crippen LogP) is 2.39. The Labute approximate surface area is 142 Å². The summed E-state index contributed by atoms with van der Waals surface area (Å²) < 4.78 is 9.67. The fourth-order valence-corrected chi connectivity index (χ4v) is 3.59. The number of rotatable bonds is 4. The molecule has 0 aliphatic carbocycles. The van der Waals surface area contributed by atoms with Gasteiger partial charge in [-0.25, -0.2) is 0 Å². The van der Waals surface area contributed by atoms with Gasteiger partial charge in [0.25, 0.3) is 11.9 Å². The number of carbonyl (C=O) groups excluding carboxylic acids is 1. The van der Waals surface area contributed by atoms with E-state index in [2.05, 4.69) is 24.8 Å². The van der Waals surface area contributed by atoms with Gasteiger partial charge in [-0.1, -0.05) is 16.6 Å². The maximum atomic E-state index is 12.2. The van der Waals surface area contributed by atoms with Crippen molar-refractivity contribution < 1.29 is 9.21 Å². The Morgan fingerprint density at radius 3 is 3.12 bits per heavy atom. The van der Waals surface area contributed by atoms with Gasteiger partial charge in [0.2, 0.25) is 0 Å². The minimum atomic E-state index is -0.119. The third kappa shape index (κ3) is 2.73. The first-order chi connectivity index (χ1) is 11.7. The van der Waals surface area contributed by atoms with Gasteiger partial charge in [-0.15, -0.1) is 5.10 Å². The fourth-order valence-electron chi connectivity index (χ4n) is 3.01. The zero-order valence-electron chi connectivity index (χ0n) is 13.2. The van der Waals surface area contributed by atoms with Crippen LogP contribution in [-0.2, 0) is 0 Å². The molecular weight excluding hydrogens is 326 g/mol. The van der Waals surface area contributed by atoms with E-state index in [9.17, 15) is 4.79 Å². The Morgan fingerprint density at radius 2 is 2.33 bits per heavy atom. The first kappa shape index (κ1) is 15.1. The molecule has 1 N–H and O–H groups in total. The summed E-state index contributed by atoms with van der Waals surface area (Å²) in [4.78, 5) is 19.5. The van der Waals surface area contributed by atoms with Gasteiger partial charge in [0.15, 0.2) is 5.58 Å². The molecule has 1 unspecified atom stereocenters. The monoisotopic (exact) mass is 343 g/mol. The van der Waals surface area contributed by atoms with Crippen molar-refractivity contribution in [1.82, 2.24) is 19.9 Å². The number of para-hydroxylation sites is 2. The van der Waals surface area contributed by atoms with Gasteiger partial charge in [0.05, 0.1) is 11.7 Å². The van der Waals surface area contributed by atoms with Crippen LogP contribution < -0.4 is 10.2 Å². The lowest BCUT2D eigenvalue weighted by Gasteiger charge is -2.22. The Kier molecular flexibility index (Phi) is 3.89. The van der Waals surface area contributed by atoms with E-state index in [0.717, 1.165) is 42.0 Å². The van der Waals surface area contributed by atoms with E-state index in [4.69, 9.17) is 4.42 Å². The second-order valence-electron chi connectivity index (χ2n) is 5.85. The van der Waals surface area contributed by atoms with Crippen LogP contribution in [0.3, 0.4) is 0 Å². The molecule has 24 heavy (non-hydrogen) atoms. The topological polar surface area (TPSA) is 84.2 Å². The molecule has 4 rings (SSSR count). The smallest absolute Gasteiger partial charge is 0.298 e. The average Bonchev–Trinajstić information content (AvgIpc) is 3.30. The summed E-state index contributed by atoms with van der Waals surface area (Å²) in [5, 5.41) is 6.86. The molecule has 1 fully saturated rings. The highest BCUT2D eigenvalue weighted by atomic mass is 32.1. The second kappa shape index (κ2) is 6.20. The van der Waals surface area contributed by atoms with Crippen LogP contribution in [0.1, 0.15) is 28.2 Å². The quantitative estimate of drug-likeness (QED) is 0.783. The van der Waals surface area contributed by atoms with E-state index < -0.39 is 0 Å². The molecule has 8 heteroatoms. The average molecular weight is 343 g/mol. The molecule has 1 atom stereocenters. The first-order valence-electron chi connectivity index (χ1n) is 7.92. The van der Waals surface area contributed by atoms with Crippen molar-refractivity contribution in [3.8, 4) is 0 Å². The van der Waals surface area contributed by atoms with Crippen LogP contribution in [0.5, 0.6) is 0 Å². The van der Waals surface area contributed by atoms with Crippen molar-refractivity contribution in [3.63, 3.8) is 0 Å². The summed E-state index contributed by atoms with van der Waals surface area (Å²) in [6, 6.07) is 8.55. The Balaban J connectivity index is 1.47. The van der Waals surface area contributed by atoms with E-state index in [-0.39, 0.29) is 11.9 Å². The van der Waals surface area contributed by atoms with Gasteiger partial charge >= 0.3 is 0 Å². The molecule has 7 nitrogen and oxygen atoms in total. The van der Waals surface area contributed by atoms with E-state index in [1.807, 2.05) is 24.3 Å². The molecule has 1 aliphatic heterocycles. The lowest BCUT2D eigenvalue weighted by Crippen LogP contribution is -2.40. The molecule has 0 bridgehead atoms. The van der Waals surface area contributed by atoms with Crippen molar-refractivity contribution in [2.45, 2.75) is 25.8 Å². The minimum Gasteiger partial charge on any atom is -0.423 e. The number of nitrogens with zero attached hydrogens (tertiary/aromatic N) is 4. The van der Waals surface area contributed by atoms with Gasteiger partial charge in [-0.3, -0.25) is 4.79 Å². The van der Waals surface area contributed by atoms with Crippen molar-refractivity contribution in [2.24, 2.45) is 0 Å². The number of nitrogens with one attached hydrogen (secondary N) is 1. The molecule has 0 radical (unpaired) electrons. The zero-order valence-corrected chi connectivity index (χ0v) is 14.0. The number of amides is 1. The summed E-state index contributed by atoms with van der Waals surface area (Å²) in [5.41, 5.74) is 2.31. The van der Waals surface area contributed by atoms with E-state index >= 15 is 0 Å². The number of carbonyl (C=O) groups is 1. The maximum absolute atomic E-state index is 12.2. The van der Waals surface area contributed by atoms with Crippen molar-refractivity contribution in [1.29, 1.82) is 0 Å². The molecule has 1 aliphatic rings. The first-order valence-corrected chi connectivity index (χ1v) is 8.69. The van der Waals surface area contributed by atoms with Gasteiger partial charge in [-0.2, -0.15) is 4.98 Å². The number of aryl methyl sites for hydroxylation is 1. The number of benzene rings is 1. The number of anilines is 1. The highest BCUT2D eigenvalue weighted by molar-refractivity contribution is 7.07. The molecule has 1 amide bonds. The highest BCUT2D eigenvalue weighted by Crippen LogP contribution is 2.28. The molecule has 3 heterocycles. The summed E-state index contributed by atoms with van der Waals surface area (Å²) >= 11 is 1.12. The summed E-state index contributed by atoms with van der Waals surface area (Å²) in [5.74, 6) is -0.119. The van der Waals surface area contributed by atoms with E-state index in [1.54, 1.807) is 6.92 Å². The second-order valence-corrected chi connectivity index (χ2v) is 6.61. The highest BCUT2D eigenvalue weighted by Gasteiger charge is 2.29. The normalized spacial score (nSPS) is 17.5. The van der Waals surface area contributed by atoms with Gasteiger partial charge in [0, 0.05) is 13.1 Å². The van der Waals surface area contributed by atoms with E-state index in [0.29, 0.717) is 23.1 Å². The van der Waals surface area contributed by atoms with Crippen LogP contribution in [0.25, 0.3) is 11.1 Å². The molecule has 3 aromatic rings. The van der Waals surface area contributed by atoms with Crippen molar-refractivity contribution in [3.05, 3.63) is 34.8 Å². The molecule has 124 valence electrons. The van der Waals surface area contributed by atoms with Gasteiger partial charge in [-0.05, 0) is 43.4 Å². The Hall–Kier alpha value is -2.48. The van der Waals surface area contributed by atoms with E-state index in [1.165, 1.54) is 0 Å². The molecule has 1 saturated heterocycles. The molecular formula is C16H17N5O2S. The van der Waals surface area contributed by atoms with Crippen molar-refractivity contribution in [2.75, 3.05) is 18.0 Å². The number of aromatic nitrogens is 3. The van der Waals surface area contributed by atoms with Crippen LogP contribution >= 0.6 is 11.5 Å². The number of hydrogen-bond acceptors (Lipinski definition) is 7. The predicted molar refractivity (Wildman–Crippen MR) is 91.4 cm³/mol. The SMILES string of the molecule is Cc1nnsc1C(=O)NCC1CCCN1c1nc2ccccc2o1. The standard InChI is InChI=1S/C16H17N5O2S/c1-10-14(24-20-19-10)15(22)17-9-11-5-4-8-21(11)16-18-12-6-2-3-7-13(12)23-16/h2-3,6-7,11H,4-5,8-9H2,1H3,(H,17,22).